The number of carbonyl (C=O) groups is 1. The van der Waals surface area contributed by atoms with Crippen LogP contribution >= 0.6 is 11.6 Å². The number of pyridine rings is 1. The van der Waals surface area contributed by atoms with Crippen LogP contribution in [0.1, 0.15) is 36.5 Å². The fourth-order valence-corrected chi connectivity index (χ4v) is 4.27. The Morgan fingerprint density at radius 2 is 1.97 bits per heavy atom. The largest absolute Gasteiger partial charge is 0.459 e. The van der Waals surface area contributed by atoms with E-state index in [9.17, 15) is 13.2 Å². The van der Waals surface area contributed by atoms with Crippen LogP contribution in [0.25, 0.3) is 0 Å². The van der Waals surface area contributed by atoms with Crippen molar-refractivity contribution in [2.75, 3.05) is 29.5 Å². The molecular weight excluding hydrogens is 452 g/mol. The van der Waals surface area contributed by atoms with E-state index >= 15 is 0 Å². The first-order valence-electron chi connectivity index (χ1n) is 10.4. The van der Waals surface area contributed by atoms with Crippen LogP contribution in [0.4, 0.5) is 11.6 Å². The number of benzene rings is 1. The van der Waals surface area contributed by atoms with Crippen molar-refractivity contribution in [1.29, 1.82) is 0 Å². The van der Waals surface area contributed by atoms with E-state index in [2.05, 4.69) is 22.4 Å². The van der Waals surface area contributed by atoms with Crippen molar-refractivity contribution in [1.82, 2.24) is 4.98 Å². The van der Waals surface area contributed by atoms with E-state index < -0.39 is 21.5 Å². The highest BCUT2D eigenvalue weighted by atomic mass is 35.5. The van der Waals surface area contributed by atoms with Gasteiger partial charge in [0.2, 0.25) is 10.0 Å². The molecule has 0 saturated heterocycles. The van der Waals surface area contributed by atoms with Gasteiger partial charge in [-0.25, -0.2) is 13.4 Å². The number of aryl methyl sites for hydroxylation is 1. The van der Waals surface area contributed by atoms with Crippen molar-refractivity contribution < 1.29 is 17.9 Å². The number of nitrogens with one attached hydrogen (secondary N) is 1. The second kappa shape index (κ2) is 9.64. The summed E-state index contributed by atoms with van der Waals surface area (Å²) in [5.41, 5.74) is 7.66. The normalized spacial score (nSPS) is 20.2. The molecule has 4 bridgehead atoms. The summed E-state index contributed by atoms with van der Waals surface area (Å²) in [7, 11) is -2.22. The van der Waals surface area contributed by atoms with Crippen molar-refractivity contribution in [3.05, 3.63) is 52.0 Å². The lowest BCUT2D eigenvalue weighted by Gasteiger charge is -2.24. The highest BCUT2D eigenvalue weighted by Crippen LogP contribution is 2.31. The number of halogens is 1. The molecule has 1 aliphatic heterocycles. The van der Waals surface area contributed by atoms with Gasteiger partial charge < -0.3 is 15.8 Å². The minimum absolute atomic E-state index is 0.0665. The number of ether oxygens (including phenoxy) is 1. The number of nitrogens with two attached hydrogens (primary N) is 1. The average molecular weight is 481 g/mol. The van der Waals surface area contributed by atoms with Gasteiger partial charge in [-0.15, -0.1) is 0 Å². The first kappa shape index (κ1) is 24.3. The molecular formula is C22H29ClN4O4S. The van der Waals surface area contributed by atoms with E-state index in [0.717, 1.165) is 35.4 Å². The van der Waals surface area contributed by atoms with E-state index in [4.69, 9.17) is 22.1 Å². The topological polar surface area (TPSA) is 115 Å². The number of hydrogen-bond acceptors (Lipinski definition) is 7. The number of rotatable bonds is 2. The number of anilines is 2. The van der Waals surface area contributed by atoms with Crippen LogP contribution in [0.15, 0.2) is 30.3 Å². The van der Waals surface area contributed by atoms with E-state index in [-0.39, 0.29) is 17.4 Å². The van der Waals surface area contributed by atoms with Gasteiger partial charge in [-0.05, 0) is 43.4 Å². The Morgan fingerprint density at radius 1 is 1.25 bits per heavy atom. The van der Waals surface area contributed by atoms with Crippen molar-refractivity contribution in [2.24, 2.45) is 5.73 Å². The molecule has 3 N–H and O–H groups in total. The van der Waals surface area contributed by atoms with Crippen LogP contribution in [0.3, 0.4) is 0 Å². The molecule has 32 heavy (non-hydrogen) atoms. The monoisotopic (exact) mass is 480 g/mol. The standard InChI is InChI=1S/C22H29ClN4O4S/c1-22(24)13-16-9-6-8-15(11-16)7-4-5-10-25-18-12-17(14-31-21(22)28)19(23)20(26-18)27(2)32(3,29)30/h6,8-9,11-12H,4-5,7,10,13-14,24H2,1-3H3,(H,25,26). The van der Waals surface area contributed by atoms with Crippen LogP contribution in [-0.4, -0.2) is 44.8 Å². The molecule has 1 aromatic heterocycles. The number of esters is 1. The highest BCUT2D eigenvalue weighted by Gasteiger charge is 2.31. The van der Waals surface area contributed by atoms with Gasteiger partial charge in [0.1, 0.15) is 18.0 Å². The predicted molar refractivity (Wildman–Crippen MR) is 126 cm³/mol. The van der Waals surface area contributed by atoms with Crippen LogP contribution in [0.2, 0.25) is 5.02 Å². The molecule has 0 spiro atoms. The molecule has 1 aromatic carbocycles. The lowest BCUT2D eigenvalue weighted by Crippen LogP contribution is -2.48. The van der Waals surface area contributed by atoms with E-state index in [1.165, 1.54) is 12.6 Å². The average Bonchev–Trinajstić information content (AvgIpc) is 2.71. The number of aromatic nitrogens is 1. The molecule has 8 nitrogen and oxygen atoms in total. The maximum atomic E-state index is 12.8. The van der Waals surface area contributed by atoms with Gasteiger partial charge in [-0.2, -0.15) is 0 Å². The fourth-order valence-electron chi connectivity index (χ4n) is 3.50. The zero-order valence-corrected chi connectivity index (χ0v) is 20.1. The summed E-state index contributed by atoms with van der Waals surface area (Å²) in [6.07, 6.45) is 4.14. The Balaban J connectivity index is 1.96. The molecule has 10 heteroatoms. The predicted octanol–water partition coefficient (Wildman–Crippen LogP) is 2.88. The van der Waals surface area contributed by atoms with Crippen molar-refractivity contribution >= 4 is 39.2 Å². The number of carbonyl (C=O) groups excluding carboxylic acids is 1. The Kier molecular flexibility index (Phi) is 7.32. The van der Waals surface area contributed by atoms with Crippen LogP contribution in [0.5, 0.6) is 0 Å². The Bertz CT molecular complexity index is 1110. The van der Waals surface area contributed by atoms with Crippen LogP contribution < -0.4 is 15.4 Å². The molecule has 174 valence electrons. The molecule has 2 heterocycles. The first-order chi connectivity index (χ1) is 15.0. The van der Waals surface area contributed by atoms with E-state index in [0.29, 0.717) is 24.3 Å². The smallest absolute Gasteiger partial charge is 0.326 e. The molecule has 0 aliphatic carbocycles. The number of sulfonamides is 1. The van der Waals surface area contributed by atoms with Gasteiger partial charge in [0.25, 0.3) is 0 Å². The summed E-state index contributed by atoms with van der Waals surface area (Å²) >= 11 is 6.46. The van der Waals surface area contributed by atoms with E-state index in [1.54, 1.807) is 13.0 Å². The third kappa shape index (κ3) is 5.90. The molecule has 3 rings (SSSR count). The fraction of sp³-hybridized carbons (Fsp3) is 0.455. The van der Waals surface area contributed by atoms with Gasteiger partial charge in [0.05, 0.1) is 11.3 Å². The maximum Gasteiger partial charge on any atom is 0.326 e. The first-order valence-corrected chi connectivity index (χ1v) is 12.6. The molecule has 1 unspecified atom stereocenters. The Hall–Kier alpha value is -2.36. The molecule has 1 atom stereocenters. The molecule has 0 radical (unpaired) electrons. The molecule has 1 aliphatic rings. The van der Waals surface area contributed by atoms with Crippen LogP contribution in [-0.2, 0) is 39.0 Å². The van der Waals surface area contributed by atoms with Crippen molar-refractivity contribution in [3.63, 3.8) is 0 Å². The molecule has 2 aromatic rings. The second-order valence-electron chi connectivity index (χ2n) is 8.41. The summed E-state index contributed by atoms with van der Waals surface area (Å²) < 4.78 is 30.6. The summed E-state index contributed by atoms with van der Waals surface area (Å²) in [5.74, 6) is -0.0530. The third-order valence-electron chi connectivity index (χ3n) is 5.40. The number of nitrogens with zero attached hydrogens (tertiary/aromatic N) is 2. The van der Waals surface area contributed by atoms with Crippen molar-refractivity contribution in [2.45, 2.75) is 44.8 Å². The summed E-state index contributed by atoms with van der Waals surface area (Å²) in [6, 6.07) is 9.73. The van der Waals surface area contributed by atoms with Crippen LogP contribution in [0, 0.1) is 0 Å². The summed E-state index contributed by atoms with van der Waals surface area (Å²) in [5, 5.41) is 3.32. The lowest BCUT2D eigenvalue weighted by atomic mass is 9.92. The molecule has 0 saturated carbocycles. The third-order valence-corrected chi connectivity index (χ3v) is 6.98. The second-order valence-corrected chi connectivity index (χ2v) is 10.8. The number of hydrogen-bond donors (Lipinski definition) is 2. The summed E-state index contributed by atoms with van der Waals surface area (Å²) in [4.78, 5) is 17.2. The van der Waals surface area contributed by atoms with E-state index in [1.807, 2.05) is 12.1 Å². The van der Waals surface area contributed by atoms with Gasteiger partial charge in [-0.3, -0.25) is 9.10 Å². The Morgan fingerprint density at radius 3 is 2.69 bits per heavy atom. The number of fused-ring (bicyclic) bond motifs is 4. The van der Waals surface area contributed by atoms with Gasteiger partial charge >= 0.3 is 5.97 Å². The highest BCUT2D eigenvalue weighted by molar-refractivity contribution is 7.92. The number of cyclic esters (lactones) is 1. The molecule has 0 fully saturated rings. The maximum absolute atomic E-state index is 12.8. The SMILES string of the molecule is CN(c1nc2cc(c1Cl)COC(=O)C(C)(N)Cc1cccc(c1)CCCCN2)S(C)(=O)=O. The van der Waals surface area contributed by atoms with Gasteiger partial charge in [-0.1, -0.05) is 35.9 Å². The quantitative estimate of drug-likeness (QED) is 0.635. The Labute approximate surface area is 194 Å². The zero-order valence-electron chi connectivity index (χ0n) is 18.5. The minimum atomic E-state index is -3.59. The summed E-state index contributed by atoms with van der Waals surface area (Å²) in [6.45, 7) is 2.12. The minimum Gasteiger partial charge on any atom is -0.459 e. The lowest BCUT2D eigenvalue weighted by molar-refractivity contribution is -0.150. The van der Waals surface area contributed by atoms with Gasteiger partial charge in [0, 0.05) is 25.6 Å². The zero-order chi connectivity index (χ0) is 23.5. The van der Waals surface area contributed by atoms with Gasteiger partial charge in [0.15, 0.2) is 5.82 Å². The molecule has 0 amide bonds. The van der Waals surface area contributed by atoms with Crippen molar-refractivity contribution in [3.8, 4) is 0 Å².